The monoisotopic (exact) mass is 766 g/mol. The molecule has 1 aliphatic rings. The van der Waals surface area contributed by atoms with Crippen LogP contribution in [-0.4, -0.2) is 79.9 Å². The van der Waals surface area contributed by atoms with Crippen LogP contribution in [0.3, 0.4) is 0 Å². The van der Waals surface area contributed by atoms with Gasteiger partial charge in [0.2, 0.25) is 16.0 Å². The number of fused-ring (bicyclic) bond motifs is 1. The number of hydrogen-bond acceptors (Lipinski definition) is 10. The molecule has 288 valence electrons. The van der Waals surface area contributed by atoms with Crippen LogP contribution in [0, 0.1) is 11.8 Å². The second-order valence-electron chi connectivity index (χ2n) is 12.7. The Morgan fingerprint density at radius 1 is 0.846 bits per heavy atom. The van der Waals surface area contributed by atoms with Gasteiger partial charge >= 0.3 is 24.6 Å². The van der Waals surface area contributed by atoms with Crippen molar-refractivity contribution in [2.24, 2.45) is 11.8 Å². The summed E-state index contributed by atoms with van der Waals surface area (Å²) in [4.78, 5) is 30.0. The summed E-state index contributed by atoms with van der Waals surface area (Å²) in [6, 6.07) is 11.8. The van der Waals surface area contributed by atoms with Crippen molar-refractivity contribution in [3.63, 3.8) is 0 Å². The van der Waals surface area contributed by atoms with E-state index >= 15 is 0 Å². The van der Waals surface area contributed by atoms with Gasteiger partial charge in [-0.1, -0.05) is 12.1 Å². The number of nitrogens with one attached hydrogen (secondary N) is 4. The number of para-hydroxylation sites is 1. The topological polar surface area (TPSA) is 181 Å². The molecule has 0 radical (unpaired) electrons. The molecule has 5 N–H and O–H groups in total. The van der Waals surface area contributed by atoms with Gasteiger partial charge in [-0.15, -0.1) is 13.2 Å². The number of amides is 1. The predicted molar refractivity (Wildman–Crippen MR) is 178 cm³/mol. The van der Waals surface area contributed by atoms with Crippen molar-refractivity contribution in [2.45, 2.75) is 69.5 Å². The van der Waals surface area contributed by atoms with E-state index in [1.54, 1.807) is 20.8 Å². The van der Waals surface area contributed by atoms with Crippen molar-refractivity contribution in [3.05, 3.63) is 48.5 Å². The fourth-order valence-electron chi connectivity index (χ4n) is 4.96. The number of aliphatic carboxylic acids is 1. The molecule has 0 saturated heterocycles. The molecule has 0 unspecified atom stereocenters. The second kappa shape index (κ2) is 17.8. The van der Waals surface area contributed by atoms with Crippen molar-refractivity contribution in [3.8, 4) is 5.75 Å². The van der Waals surface area contributed by atoms with E-state index in [9.17, 15) is 39.6 Å². The van der Waals surface area contributed by atoms with Gasteiger partial charge in [-0.3, -0.25) is 0 Å². The van der Waals surface area contributed by atoms with Crippen LogP contribution in [0.4, 0.5) is 42.9 Å². The molecule has 13 nitrogen and oxygen atoms in total. The Morgan fingerprint density at radius 2 is 1.42 bits per heavy atom. The number of carboxylic acid groups (broad SMARTS) is 1. The van der Waals surface area contributed by atoms with Gasteiger partial charge in [0, 0.05) is 31.6 Å². The van der Waals surface area contributed by atoms with Crippen molar-refractivity contribution < 1.29 is 58.9 Å². The van der Waals surface area contributed by atoms with Gasteiger partial charge in [-0.2, -0.15) is 18.2 Å². The Kier molecular flexibility index (Phi) is 14.3. The largest absolute Gasteiger partial charge is 0.573 e. The molecule has 0 bridgehead atoms. The third kappa shape index (κ3) is 14.6. The summed E-state index contributed by atoms with van der Waals surface area (Å²) in [6.45, 7) is 7.09. The van der Waals surface area contributed by atoms with Crippen LogP contribution in [0.25, 0.3) is 10.9 Å². The average Bonchev–Trinajstić information content (AvgIpc) is 3.04. The average molecular weight is 767 g/mol. The van der Waals surface area contributed by atoms with Crippen molar-refractivity contribution >= 4 is 44.8 Å². The lowest BCUT2D eigenvalue weighted by molar-refractivity contribution is -0.274. The van der Waals surface area contributed by atoms with Crippen molar-refractivity contribution in [2.75, 3.05) is 36.8 Å². The molecular weight excluding hydrogens is 726 g/mol. The highest BCUT2D eigenvalue weighted by Gasteiger charge is 2.38. The highest BCUT2D eigenvalue weighted by Crippen LogP contribution is 2.30. The molecule has 1 amide bonds. The zero-order valence-corrected chi connectivity index (χ0v) is 29.2. The van der Waals surface area contributed by atoms with Gasteiger partial charge in [0.15, 0.2) is 0 Å². The molecule has 1 saturated carbocycles. The number of hydrogen-bond donors (Lipinski definition) is 5. The Bertz CT molecular complexity index is 1750. The number of alkyl halides is 6. The minimum Gasteiger partial charge on any atom is -0.475 e. The Labute approximate surface area is 295 Å². The van der Waals surface area contributed by atoms with Gasteiger partial charge in [-0.25, -0.2) is 27.7 Å². The van der Waals surface area contributed by atoms with E-state index in [-0.39, 0.29) is 17.4 Å². The summed E-state index contributed by atoms with van der Waals surface area (Å²) in [6.07, 6.45) is -7.00. The fourth-order valence-corrected chi connectivity index (χ4v) is 6.07. The van der Waals surface area contributed by atoms with E-state index in [1.807, 2.05) is 24.3 Å². The summed E-state index contributed by atoms with van der Waals surface area (Å²) in [5, 5.41) is 17.3. The minimum atomic E-state index is -5.08. The SMILES string of the molecule is CC(C)(C)OC(=O)NCCNc1nc(NCC2CCC(CNS(=O)(=O)c3ccc(OC(F)(F)F)cc3)CC2)nc2ccccc12.O=C(O)C(F)(F)F. The smallest absolute Gasteiger partial charge is 0.475 e. The number of nitrogens with zero attached hydrogens (tertiary/aromatic N) is 2. The van der Waals surface area contributed by atoms with E-state index in [2.05, 4.69) is 35.4 Å². The first-order valence-corrected chi connectivity index (χ1v) is 17.5. The second-order valence-corrected chi connectivity index (χ2v) is 14.5. The summed E-state index contributed by atoms with van der Waals surface area (Å²) in [5.41, 5.74) is 0.199. The van der Waals surface area contributed by atoms with E-state index in [0.717, 1.165) is 60.9 Å². The lowest BCUT2D eigenvalue weighted by Crippen LogP contribution is -2.35. The van der Waals surface area contributed by atoms with Crippen LogP contribution in [0.2, 0.25) is 0 Å². The van der Waals surface area contributed by atoms with Gasteiger partial charge < -0.3 is 30.5 Å². The number of anilines is 2. The number of aromatic nitrogens is 2. The van der Waals surface area contributed by atoms with Crippen LogP contribution in [0.5, 0.6) is 5.75 Å². The number of carbonyl (C=O) groups is 2. The zero-order chi connectivity index (χ0) is 38.7. The molecule has 0 spiro atoms. The highest BCUT2D eigenvalue weighted by molar-refractivity contribution is 7.89. The first-order chi connectivity index (χ1) is 24.1. The van der Waals surface area contributed by atoms with E-state index in [1.165, 1.54) is 0 Å². The van der Waals surface area contributed by atoms with Crippen LogP contribution in [-0.2, 0) is 19.6 Å². The first-order valence-electron chi connectivity index (χ1n) is 16.0. The minimum absolute atomic E-state index is 0.126. The van der Waals surface area contributed by atoms with Crippen LogP contribution < -0.4 is 25.4 Å². The van der Waals surface area contributed by atoms with Gasteiger partial charge in [0.05, 0.1) is 10.4 Å². The third-order valence-corrected chi connectivity index (χ3v) is 8.82. The quantitative estimate of drug-likeness (QED) is 0.103. The summed E-state index contributed by atoms with van der Waals surface area (Å²) < 4.78 is 106. The predicted octanol–water partition coefficient (Wildman–Crippen LogP) is 6.30. The lowest BCUT2D eigenvalue weighted by atomic mass is 9.82. The Balaban J connectivity index is 0.000000944. The molecule has 4 rings (SSSR count). The number of alkyl carbamates (subject to hydrolysis) is 1. The van der Waals surface area contributed by atoms with Crippen LogP contribution >= 0.6 is 0 Å². The lowest BCUT2D eigenvalue weighted by Gasteiger charge is -2.28. The number of carbonyl (C=O) groups excluding carboxylic acids is 1. The number of rotatable bonds is 12. The maximum atomic E-state index is 12.7. The van der Waals surface area contributed by atoms with Gasteiger partial charge in [-0.05, 0) is 94.7 Å². The normalized spacial score (nSPS) is 16.6. The first kappa shape index (κ1) is 41.8. The van der Waals surface area contributed by atoms with E-state index < -0.39 is 46.0 Å². The summed E-state index contributed by atoms with van der Waals surface area (Å²) >= 11 is 0. The Hall–Kier alpha value is -4.59. The van der Waals surface area contributed by atoms with Gasteiger partial charge in [0.1, 0.15) is 17.2 Å². The van der Waals surface area contributed by atoms with Crippen molar-refractivity contribution in [1.29, 1.82) is 0 Å². The third-order valence-electron chi connectivity index (χ3n) is 7.38. The number of carboxylic acids is 1. The summed E-state index contributed by atoms with van der Waals surface area (Å²) in [5.74, 6) is -1.62. The van der Waals surface area contributed by atoms with E-state index in [0.29, 0.717) is 37.3 Å². The molecule has 1 fully saturated rings. The number of halogens is 6. The number of sulfonamides is 1. The van der Waals surface area contributed by atoms with Crippen LogP contribution in [0.15, 0.2) is 53.4 Å². The number of benzene rings is 2. The highest BCUT2D eigenvalue weighted by atomic mass is 32.2. The maximum absolute atomic E-state index is 12.7. The zero-order valence-electron chi connectivity index (χ0n) is 28.4. The molecule has 0 atom stereocenters. The molecular formula is C32H40F6N6O7S. The summed E-state index contributed by atoms with van der Waals surface area (Å²) in [7, 11) is -3.87. The van der Waals surface area contributed by atoms with Crippen LogP contribution in [0.1, 0.15) is 46.5 Å². The number of ether oxygens (including phenoxy) is 2. The fraction of sp³-hybridized carbons (Fsp3) is 0.500. The Morgan fingerprint density at radius 3 is 1.98 bits per heavy atom. The molecule has 3 aromatic rings. The maximum Gasteiger partial charge on any atom is 0.573 e. The molecule has 1 aromatic heterocycles. The van der Waals surface area contributed by atoms with Crippen molar-refractivity contribution in [1.82, 2.24) is 20.0 Å². The van der Waals surface area contributed by atoms with E-state index in [4.69, 9.17) is 14.6 Å². The molecule has 0 aliphatic heterocycles. The standard InChI is InChI=1S/C30H39F3N6O5S.C2HF3O2/c1-29(2,3)44-28(40)35-17-16-34-26-24-6-4-5-7-25(24)38-27(39-26)36-18-20-8-10-21(11-9-20)19-37-45(41,42)23-14-12-22(13-15-23)43-30(31,32)33;3-2(4,5)1(6)7/h4-7,12-15,20-21,37H,8-11,16-19H2,1-3H3,(H,35,40)(H2,34,36,38,39);(H,6,7). The molecule has 1 heterocycles. The molecule has 2 aromatic carbocycles. The molecule has 20 heteroatoms. The molecule has 1 aliphatic carbocycles. The van der Waals surface area contributed by atoms with Gasteiger partial charge in [0.25, 0.3) is 0 Å². The molecule has 52 heavy (non-hydrogen) atoms.